The van der Waals surface area contributed by atoms with Crippen molar-refractivity contribution in [2.75, 3.05) is 20.4 Å². The molecule has 1 saturated heterocycles. The fraction of sp³-hybridized carbons (Fsp3) is 0.550. The Morgan fingerprint density at radius 2 is 1.93 bits per heavy atom. The summed E-state index contributed by atoms with van der Waals surface area (Å²) in [7, 11) is 1.76. The minimum absolute atomic E-state index is 0.129. The van der Waals surface area contributed by atoms with Gasteiger partial charge in [0.1, 0.15) is 12.1 Å². The Kier molecular flexibility index (Phi) is 4.64. The molecule has 8 heteroatoms. The Balaban J connectivity index is 1.49. The summed E-state index contributed by atoms with van der Waals surface area (Å²) < 4.78 is 10.7. The largest absolute Gasteiger partial charge is 0.454 e. The Labute approximate surface area is 163 Å². The van der Waals surface area contributed by atoms with Crippen LogP contribution in [0.5, 0.6) is 11.5 Å². The highest BCUT2D eigenvalue weighted by molar-refractivity contribution is 6.09. The van der Waals surface area contributed by atoms with Crippen molar-refractivity contribution in [1.29, 1.82) is 0 Å². The molecule has 0 bridgehead atoms. The molecule has 150 valence electrons. The molecule has 1 saturated carbocycles. The van der Waals surface area contributed by atoms with Gasteiger partial charge in [-0.25, -0.2) is 4.79 Å². The van der Waals surface area contributed by atoms with E-state index in [0.29, 0.717) is 17.1 Å². The molecule has 28 heavy (non-hydrogen) atoms. The first-order chi connectivity index (χ1) is 13.4. The van der Waals surface area contributed by atoms with E-state index in [0.717, 1.165) is 30.6 Å². The summed E-state index contributed by atoms with van der Waals surface area (Å²) in [5, 5.41) is 2.73. The van der Waals surface area contributed by atoms with E-state index in [1.54, 1.807) is 37.1 Å². The van der Waals surface area contributed by atoms with E-state index in [1.165, 1.54) is 6.42 Å². The molecule has 1 atom stereocenters. The van der Waals surface area contributed by atoms with E-state index in [1.807, 2.05) is 0 Å². The smallest absolute Gasteiger partial charge is 0.325 e. The zero-order chi connectivity index (χ0) is 19.9. The van der Waals surface area contributed by atoms with Gasteiger partial charge >= 0.3 is 6.03 Å². The van der Waals surface area contributed by atoms with Crippen molar-refractivity contribution in [3.8, 4) is 11.5 Å². The zero-order valence-electron chi connectivity index (χ0n) is 16.2. The molecule has 0 spiro atoms. The number of imide groups is 1. The highest BCUT2D eigenvalue weighted by Crippen LogP contribution is 2.37. The number of rotatable bonds is 4. The average Bonchev–Trinajstić information content (AvgIpc) is 3.26. The lowest BCUT2D eigenvalue weighted by molar-refractivity contribution is -0.139. The van der Waals surface area contributed by atoms with Gasteiger partial charge in [-0.05, 0) is 37.5 Å². The summed E-state index contributed by atoms with van der Waals surface area (Å²) in [6.45, 7) is 1.52. The first-order valence-electron chi connectivity index (χ1n) is 9.70. The average molecular weight is 387 g/mol. The number of hydrogen-bond donors (Lipinski definition) is 1. The number of nitrogens with zero attached hydrogens (tertiary/aromatic N) is 2. The molecule has 1 aromatic rings. The molecule has 0 radical (unpaired) electrons. The third-order valence-electron chi connectivity index (χ3n) is 6.03. The quantitative estimate of drug-likeness (QED) is 0.798. The van der Waals surface area contributed by atoms with Crippen molar-refractivity contribution in [2.45, 2.75) is 50.6 Å². The highest BCUT2D eigenvalue weighted by Gasteiger charge is 2.50. The van der Waals surface area contributed by atoms with Crippen molar-refractivity contribution >= 4 is 17.8 Å². The van der Waals surface area contributed by atoms with E-state index in [9.17, 15) is 14.4 Å². The summed E-state index contributed by atoms with van der Waals surface area (Å²) in [6, 6.07) is 4.76. The van der Waals surface area contributed by atoms with Crippen LogP contribution in [-0.2, 0) is 15.1 Å². The Morgan fingerprint density at radius 1 is 1.21 bits per heavy atom. The number of likely N-dealkylation sites (N-methyl/N-ethyl adjacent to an activating group) is 1. The van der Waals surface area contributed by atoms with Crippen LogP contribution in [0.2, 0.25) is 0 Å². The number of amides is 4. The van der Waals surface area contributed by atoms with Gasteiger partial charge in [-0.15, -0.1) is 0 Å². The molecule has 2 heterocycles. The van der Waals surface area contributed by atoms with Crippen LogP contribution in [0.25, 0.3) is 0 Å². The summed E-state index contributed by atoms with van der Waals surface area (Å²) in [5.74, 6) is 0.477. The fourth-order valence-electron chi connectivity index (χ4n) is 4.16. The molecular formula is C20H25N3O5. The van der Waals surface area contributed by atoms with E-state index < -0.39 is 17.5 Å². The van der Waals surface area contributed by atoms with Crippen molar-refractivity contribution in [2.24, 2.45) is 0 Å². The highest BCUT2D eigenvalue weighted by atomic mass is 16.7. The maximum Gasteiger partial charge on any atom is 0.325 e. The number of hydrogen-bond acceptors (Lipinski definition) is 5. The molecule has 3 aliphatic rings. The van der Waals surface area contributed by atoms with Gasteiger partial charge in [-0.1, -0.05) is 25.3 Å². The van der Waals surface area contributed by atoms with E-state index in [-0.39, 0.29) is 25.3 Å². The third-order valence-corrected chi connectivity index (χ3v) is 6.03. The van der Waals surface area contributed by atoms with Gasteiger partial charge < -0.3 is 19.7 Å². The normalized spacial score (nSPS) is 24.4. The van der Waals surface area contributed by atoms with Crippen molar-refractivity contribution in [3.63, 3.8) is 0 Å². The number of urea groups is 1. The molecule has 8 nitrogen and oxygen atoms in total. The first kappa shape index (κ1) is 18.6. The SMILES string of the molecule is CN(C(=O)CN1C(=O)N[C@](C)(c2ccc3c(c2)OCO3)C1=O)C1CCCCC1. The van der Waals surface area contributed by atoms with Gasteiger partial charge in [0, 0.05) is 13.1 Å². The van der Waals surface area contributed by atoms with Gasteiger partial charge in [0.25, 0.3) is 5.91 Å². The number of nitrogens with one attached hydrogen (secondary N) is 1. The minimum atomic E-state index is -1.25. The molecule has 0 unspecified atom stereocenters. The number of carbonyl (C=O) groups is 3. The fourth-order valence-corrected chi connectivity index (χ4v) is 4.16. The zero-order valence-corrected chi connectivity index (χ0v) is 16.2. The van der Waals surface area contributed by atoms with Crippen molar-refractivity contribution < 1.29 is 23.9 Å². The topological polar surface area (TPSA) is 88.2 Å². The Bertz CT molecular complexity index is 820. The lowest BCUT2D eigenvalue weighted by atomic mass is 9.91. The lowest BCUT2D eigenvalue weighted by Crippen LogP contribution is -2.46. The third kappa shape index (κ3) is 3.06. The van der Waals surface area contributed by atoms with Crippen LogP contribution < -0.4 is 14.8 Å². The van der Waals surface area contributed by atoms with Crippen LogP contribution in [0, 0.1) is 0 Å². The Hall–Kier alpha value is -2.77. The van der Waals surface area contributed by atoms with E-state index in [2.05, 4.69) is 5.32 Å². The molecule has 4 rings (SSSR count). The predicted molar refractivity (Wildman–Crippen MR) is 99.8 cm³/mol. The van der Waals surface area contributed by atoms with Crippen LogP contribution >= 0.6 is 0 Å². The van der Waals surface area contributed by atoms with Gasteiger partial charge in [-0.3, -0.25) is 14.5 Å². The molecule has 0 aromatic heterocycles. The van der Waals surface area contributed by atoms with E-state index in [4.69, 9.17) is 9.47 Å². The standard InChI is InChI=1S/C20H25N3O5/c1-20(13-8-9-15-16(10-13)28-12-27-15)18(25)23(19(26)21-20)11-17(24)22(2)14-6-4-3-5-7-14/h8-10,14H,3-7,11-12H2,1-2H3,(H,21,26)/t20-/m1/s1. The van der Waals surface area contributed by atoms with Crippen LogP contribution in [0.4, 0.5) is 4.79 Å². The minimum Gasteiger partial charge on any atom is -0.454 e. The predicted octanol–water partition coefficient (Wildman–Crippen LogP) is 1.97. The van der Waals surface area contributed by atoms with Crippen LogP contribution in [-0.4, -0.2) is 54.1 Å². The van der Waals surface area contributed by atoms with Gasteiger partial charge in [0.15, 0.2) is 11.5 Å². The first-order valence-corrected chi connectivity index (χ1v) is 9.70. The molecule has 1 aliphatic carbocycles. The Morgan fingerprint density at radius 3 is 2.68 bits per heavy atom. The summed E-state index contributed by atoms with van der Waals surface area (Å²) in [6.07, 6.45) is 5.34. The second kappa shape index (κ2) is 7.00. The maximum absolute atomic E-state index is 13.1. The van der Waals surface area contributed by atoms with Crippen LogP contribution in [0.15, 0.2) is 18.2 Å². The maximum atomic E-state index is 13.1. The monoisotopic (exact) mass is 387 g/mol. The summed E-state index contributed by atoms with van der Waals surface area (Å²) in [5.41, 5.74) is -0.660. The number of fused-ring (bicyclic) bond motifs is 1. The van der Waals surface area contributed by atoms with Gasteiger partial charge in [0.2, 0.25) is 12.7 Å². The summed E-state index contributed by atoms with van der Waals surface area (Å²) >= 11 is 0. The number of carbonyl (C=O) groups excluding carboxylic acids is 3. The van der Waals surface area contributed by atoms with Crippen molar-refractivity contribution in [1.82, 2.24) is 15.1 Å². The van der Waals surface area contributed by atoms with Crippen LogP contribution in [0.1, 0.15) is 44.6 Å². The molecule has 1 N–H and O–H groups in total. The van der Waals surface area contributed by atoms with E-state index >= 15 is 0 Å². The molecule has 4 amide bonds. The molecule has 2 fully saturated rings. The second-order valence-electron chi connectivity index (χ2n) is 7.81. The van der Waals surface area contributed by atoms with Gasteiger partial charge in [0.05, 0.1) is 0 Å². The van der Waals surface area contributed by atoms with Gasteiger partial charge in [-0.2, -0.15) is 0 Å². The van der Waals surface area contributed by atoms with Crippen molar-refractivity contribution in [3.05, 3.63) is 23.8 Å². The summed E-state index contributed by atoms with van der Waals surface area (Å²) in [4.78, 5) is 41.0. The number of benzene rings is 1. The number of ether oxygens (including phenoxy) is 2. The molecular weight excluding hydrogens is 362 g/mol. The molecule has 2 aliphatic heterocycles. The lowest BCUT2D eigenvalue weighted by Gasteiger charge is -2.32. The van der Waals surface area contributed by atoms with Crippen LogP contribution in [0.3, 0.4) is 0 Å². The molecule has 1 aromatic carbocycles. The second-order valence-corrected chi connectivity index (χ2v) is 7.81.